The molecule has 28 heavy (non-hydrogen) atoms. The number of aliphatic imine (C=N–C) groups is 1. The molecule has 1 fully saturated rings. The zero-order valence-corrected chi connectivity index (χ0v) is 16.8. The summed E-state index contributed by atoms with van der Waals surface area (Å²) in [4.78, 5) is 17.6. The zero-order chi connectivity index (χ0) is 19.6. The van der Waals surface area contributed by atoms with Crippen LogP contribution < -0.4 is 10.2 Å². The third-order valence-electron chi connectivity index (χ3n) is 4.87. The lowest BCUT2D eigenvalue weighted by Crippen LogP contribution is -2.53. The molecule has 1 aromatic heterocycles. The van der Waals surface area contributed by atoms with Gasteiger partial charge < -0.3 is 19.9 Å². The molecule has 7 heteroatoms. The summed E-state index contributed by atoms with van der Waals surface area (Å²) >= 11 is 0. The van der Waals surface area contributed by atoms with Crippen LogP contribution in [0.4, 0.5) is 5.95 Å². The van der Waals surface area contributed by atoms with Gasteiger partial charge in [0.25, 0.3) is 0 Å². The summed E-state index contributed by atoms with van der Waals surface area (Å²) in [6.07, 6.45) is 4.63. The number of piperazine rings is 1. The number of aromatic nitrogens is 2. The molecule has 1 atom stereocenters. The van der Waals surface area contributed by atoms with Gasteiger partial charge in [0, 0.05) is 58.8 Å². The van der Waals surface area contributed by atoms with Crippen LogP contribution in [0.15, 0.2) is 53.8 Å². The highest BCUT2D eigenvalue weighted by molar-refractivity contribution is 5.80. The smallest absolute Gasteiger partial charge is 0.225 e. The lowest BCUT2D eigenvalue weighted by Gasteiger charge is -2.36. The fourth-order valence-electron chi connectivity index (χ4n) is 3.26. The maximum absolute atomic E-state index is 5.94. The molecule has 1 aromatic carbocycles. The van der Waals surface area contributed by atoms with Crippen LogP contribution in [-0.4, -0.2) is 67.2 Å². The predicted octanol–water partition coefficient (Wildman–Crippen LogP) is 2.34. The van der Waals surface area contributed by atoms with Crippen LogP contribution in [0.5, 0.6) is 0 Å². The van der Waals surface area contributed by atoms with Crippen molar-refractivity contribution in [1.29, 1.82) is 0 Å². The summed E-state index contributed by atoms with van der Waals surface area (Å²) in [6.45, 7) is 7.25. The van der Waals surface area contributed by atoms with Crippen molar-refractivity contribution in [3.8, 4) is 0 Å². The van der Waals surface area contributed by atoms with Crippen LogP contribution in [0.3, 0.4) is 0 Å². The van der Waals surface area contributed by atoms with Crippen LogP contribution in [-0.2, 0) is 4.74 Å². The number of benzene rings is 1. The molecule has 7 nitrogen and oxygen atoms in total. The van der Waals surface area contributed by atoms with Crippen LogP contribution in [0.1, 0.15) is 25.0 Å². The third kappa shape index (κ3) is 5.66. The average Bonchev–Trinajstić information content (AvgIpc) is 2.77. The Labute approximate surface area is 167 Å². The van der Waals surface area contributed by atoms with Crippen molar-refractivity contribution in [2.45, 2.75) is 19.4 Å². The van der Waals surface area contributed by atoms with Gasteiger partial charge >= 0.3 is 0 Å². The Balaban J connectivity index is 1.35. The summed E-state index contributed by atoms with van der Waals surface area (Å²) in [5, 5.41) is 3.45. The SMILES string of the molecule is CN=C(NCCCOC(C)c1ccccc1)N1CCN(c2ncccn2)CC1. The lowest BCUT2D eigenvalue weighted by molar-refractivity contribution is 0.0645. The van der Waals surface area contributed by atoms with E-state index in [4.69, 9.17) is 4.74 Å². The Morgan fingerprint density at radius 2 is 1.82 bits per heavy atom. The Morgan fingerprint density at radius 3 is 2.50 bits per heavy atom. The number of nitrogens with zero attached hydrogens (tertiary/aromatic N) is 5. The van der Waals surface area contributed by atoms with Crippen LogP contribution in [0, 0.1) is 0 Å². The summed E-state index contributed by atoms with van der Waals surface area (Å²) in [5.41, 5.74) is 1.21. The molecule has 0 bridgehead atoms. The third-order valence-corrected chi connectivity index (χ3v) is 4.87. The van der Waals surface area contributed by atoms with Gasteiger partial charge in [-0.3, -0.25) is 4.99 Å². The molecule has 3 rings (SSSR count). The number of hydrogen-bond acceptors (Lipinski definition) is 5. The molecule has 1 aliphatic rings. The molecule has 1 N–H and O–H groups in total. The molecule has 0 radical (unpaired) electrons. The van der Waals surface area contributed by atoms with E-state index in [9.17, 15) is 0 Å². The Bertz CT molecular complexity index is 716. The molecule has 150 valence electrons. The molecule has 1 aliphatic heterocycles. The van der Waals surface area contributed by atoms with E-state index in [2.05, 4.69) is 49.1 Å². The van der Waals surface area contributed by atoms with E-state index < -0.39 is 0 Å². The zero-order valence-electron chi connectivity index (χ0n) is 16.8. The van der Waals surface area contributed by atoms with Gasteiger partial charge in [0.05, 0.1) is 6.10 Å². The topological polar surface area (TPSA) is 65.9 Å². The van der Waals surface area contributed by atoms with Gasteiger partial charge in [0.2, 0.25) is 5.95 Å². The van der Waals surface area contributed by atoms with Gasteiger partial charge in [-0.05, 0) is 25.0 Å². The maximum Gasteiger partial charge on any atom is 0.225 e. The summed E-state index contributed by atoms with van der Waals surface area (Å²) in [5.74, 6) is 1.75. The van der Waals surface area contributed by atoms with Gasteiger partial charge in [-0.15, -0.1) is 0 Å². The number of guanidine groups is 1. The standard InChI is InChI=1S/C21H30N6O/c1-18(19-8-4-3-5-9-19)28-17-7-12-23-20(22-2)26-13-15-27(16-14-26)21-24-10-6-11-25-21/h3-6,8-11,18H,7,12-17H2,1-2H3,(H,22,23). The number of nitrogens with one attached hydrogen (secondary N) is 1. The molecule has 0 aliphatic carbocycles. The highest BCUT2D eigenvalue weighted by Gasteiger charge is 2.20. The second kappa shape index (κ2) is 10.6. The highest BCUT2D eigenvalue weighted by Crippen LogP contribution is 2.15. The van der Waals surface area contributed by atoms with E-state index >= 15 is 0 Å². The number of hydrogen-bond donors (Lipinski definition) is 1. The minimum Gasteiger partial charge on any atom is -0.374 e. The Hall–Kier alpha value is -2.67. The van der Waals surface area contributed by atoms with E-state index in [-0.39, 0.29) is 6.10 Å². The molecule has 2 heterocycles. The Morgan fingerprint density at radius 1 is 1.11 bits per heavy atom. The largest absolute Gasteiger partial charge is 0.374 e. The lowest BCUT2D eigenvalue weighted by atomic mass is 10.1. The number of rotatable bonds is 7. The predicted molar refractivity (Wildman–Crippen MR) is 113 cm³/mol. The van der Waals surface area contributed by atoms with Crippen molar-refractivity contribution in [2.24, 2.45) is 4.99 Å². The van der Waals surface area contributed by atoms with Crippen molar-refractivity contribution < 1.29 is 4.74 Å². The second-order valence-electron chi connectivity index (χ2n) is 6.77. The molecule has 0 amide bonds. The van der Waals surface area contributed by atoms with Gasteiger partial charge in [-0.2, -0.15) is 0 Å². The van der Waals surface area contributed by atoms with Crippen LogP contribution in [0.2, 0.25) is 0 Å². The van der Waals surface area contributed by atoms with Gasteiger partial charge in [0.1, 0.15) is 0 Å². The van der Waals surface area contributed by atoms with Crippen LogP contribution >= 0.6 is 0 Å². The fourth-order valence-corrected chi connectivity index (χ4v) is 3.26. The van der Waals surface area contributed by atoms with E-state index in [1.165, 1.54) is 5.56 Å². The van der Waals surface area contributed by atoms with Gasteiger partial charge in [0.15, 0.2) is 5.96 Å². The number of ether oxygens (including phenoxy) is 1. The van der Waals surface area contributed by atoms with E-state index in [0.717, 1.165) is 57.7 Å². The van der Waals surface area contributed by atoms with Crippen molar-refractivity contribution >= 4 is 11.9 Å². The molecule has 2 aromatic rings. The first-order valence-corrected chi connectivity index (χ1v) is 9.92. The van der Waals surface area contributed by atoms with Crippen molar-refractivity contribution in [3.63, 3.8) is 0 Å². The average molecular weight is 383 g/mol. The quantitative estimate of drug-likeness (QED) is 0.450. The number of anilines is 1. The van der Waals surface area contributed by atoms with Gasteiger partial charge in [-0.1, -0.05) is 30.3 Å². The molecule has 1 saturated heterocycles. The fraction of sp³-hybridized carbons (Fsp3) is 0.476. The molecule has 0 saturated carbocycles. The van der Waals surface area contributed by atoms with E-state index in [1.54, 1.807) is 12.4 Å². The second-order valence-corrected chi connectivity index (χ2v) is 6.77. The van der Waals surface area contributed by atoms with Crippen molar-refractivity contribution in [2.75, 3.05) is 51.3 Å². The first-order valence-electron chi connectivity index (χ1n) is 9.92. The van der Waals surface area contributed by atoms with Gasteiger partial charge in [-0.25, -0.2) is 9.97 Å². The maximum atomic E-state index is 5.94. The normalized spacial score (nSPS) is 16.1. The summed E-state index contributed by atoms with van der Waals surface area (Å²) < 4.78 is 5.94. The Kier molecular flexibility index (Phi) is 7.61. The minimum atomic E-state index is 0.119. The first-order chi connectivity index (χ1) is 13.8. The minimum absolute atomic E-state index is 0.119. The van der Waals surface area contributed by atoms with Crippen LogP contribution in [0.25, 0.3) is 0 Å². The highest BCUT2D eigenvalue weighted by atomic mass is 16.5. The van der Waals surface area contributed by atoms with E-state index in [1.807, 2.05) is 31.3 Å². The van der Waals surface area contributed by atoms with E-state index in [0.29, 0.717) is 0 Å². The molecule has 1 unspecified atom stereocenters. The molecule has 0 spiro atoms. The summed E-state index contributed by atoms with van der Waals surface area (Å²) in [6, 6.07) is 12.2. The summed E-state index contributed by atoms with van der Waals surface area (Å²) in [7, 11) is 1.84. The van der Waals surface area contributed by atoms with Crippen molar-refractivity contribution in [3.05, 3.63) is 54.4 Å². The monoisotopic (exact) mass is 382 g/mol. The van der Waals surface area contributed by atoms with Crippen molar-refractivity contribution in [1.82, 2.24) is 20.2 Å². The first kappa shape index (κ1) is 20.1. The molecular weight excluding hydrogens is 352 g/mol. The molecular formula is C21H30N6O.